The highest BCUT2D eigenvalue weighted by molar-refractivity contribution is 6.33. The molecule has 1 rings (SSSR count). The number of benzene rings is 1. The van der Waals surface area contributed by atoms with Crippen molar-refractivity contribution in [2.24, 2.45) is 0 Å². The minimum atomic E-state index is 0.614. The maximum Gasteiger partial charge on any atom is 0.0636 e. The summed E-state index contributed by atoms with van der Waals surface area (Å²) in [7, 11) is 2.02. The van der Waals surface area contributed by atoms with Crippen LogP contribution in [0.1, 0.15) is 6.92 Å². The summed E-state index contributed by atoms with van der Waals surface area (Å²) < 4.78 is 0. The molecule has 12 heavy (non-hydrogen) atoms. The van der Waals surface area contributed by atoms with Gasteiger partial charge in [0.1, 0.15) is 0 Å². The number of rotatable bonds is 2. The van der Waals surface area contributed by atoms with Crippen molar-refractivity contribution < 1.29 is 0 Å². The van der Waals surface area contributed by atoms with E-state index in [4.69, 9.17) is 17.3 Å². The third-order valence-electron chi connectivity index (χ3n) is 1.89. The highest BCUT2D eigenvalue weighted by Crippen LogP contribution is 2.23. The molecule has 0 atom stereocenters. The molecule has 0 bridgehead atoms. The zero-order valence-corrected chi connectivity index (χ0v) is 8.10. The van der Waals surface area contributed by atoms with E-state index in [2.05, 4.69) is 11.8 Å². The van der Waals surface area contributed by atoms with Gasteiger partial charge in [-0.05, 0) is 25.1 Å². The summed E-state index contributed by atoms with van der Waals surface area (Å²) >= 11 is 5.79. The van der Waals surface area contributed by atoms with Gasteiger partial charge >= 0.3 is 0 Å². The number of nitrogens with two attached hydrogens (primary N) is 1. The van der Waals surface area contributed by atoms with Crippen LogP contribution in [0.4, 0.5) is 11.4 Å². The Morgan fingerprint density at radius 2 is 2.17 bits per heavy atom. The minimum absolute atomic E-state index is 0.614. The second-order valence-electron chi connectivity index (χ2n) is 2.72. The Labute approximate surface area is 77.9 Å². The van der Waals surface area contributed by atoms with E-state index in [1.165, 1.54) is 0 Å². The van der Waals surface area contributed by atoms with Crippen molar-refractivity contribution >= 4 is 23.0 Å². The number of nitrogens with zero attached hydrogens (tertiary/aromatic N) is 1. The smallest absolute Gasteiger partial charge is 0.0636 e. The normalized spacial score (nSPS) is 9.92. The van der Waals surface area contributed by atoms with Gasteiger partial charge in [-0.25, -0.2) is 0 Å². The fraction of sp³-hybridized carbons (Fsp3) is 0.333. The molecule has 2 N–H and O–H groups in total. The molecule has 0 heterocycles. The molecule has 0 unspecified atom stereocenters. The Kier molecular flexibility index (Phi) is 2.82. The third kappa shape index (κ3) is 1.83. The van der Waals surface area contributed by atoms with Crippen molar-refractivity contribution in [2.75, 3.05) is 24.2 Å². The molecule has 0 spiro atoms. The quantitative estimate of drug-likeness (QED) is 0.716. The van der Waals surface area contributed by atoms with Gasteiger partial charge in [0.05, 0.1) is 10.7 Å². The number of anilines is 2. The van der Waals surface area contributed by atoms with Crippen LogP contribution in [0.2, 0.25) is 5.02 Å². The summed E-state index contributed by atoms with van der Waals surface area (Å²) in [5, 5.41) is 0.614. The van der Waals surface area contributed by atoms with Crippen LogP contribution >= 0.6 is 11.6 Å². The molecule has 1 aromatic rings. The minimum Gasteiger partial charge on any atom is -0.397 e. The third-order valence-corrected chi connectivity index (χ3v) is 2.24. The lowest BCUT2D eigenvalue weighted by Gasteiger charge is -2.17. The molecular weight excluding hydrogens is 172 g/mol. The molecule has 1 aromatic carbocycles. The van der Waals surface area contributed by atoms with Crippen molar-refractivity contribution in [3.63, 3.8) is 0 Å². The summed E-state index contributed by atoms with van der Waals surface area (Å²) in [6.07, 6.45) is 0. The van der Waals surface area contributed by atoms with Gasteiger partial charge in [0.15, 0.2) is 0 Å². The molecule has 2 nitrogen and oxygen atoms in total. The zero-order chi connectivity index (χ0) is 9.14. The van der Waals surface area contributed by atoms with E-state index in [9.17, 15) is 0 Å². The van der Waals surface area contributed by atoms with Crippen molar-refractivity contribution in [1.82, 2.24) is 0 Å². The topological polar surface area (TPSA) is 29.3 Å². The first kappa shape index (κ1) is 9.20. The Morgan fingerprint density at radius 3 is 2.67 bits per heavy atom. The predicted octanol–water partition coefficient (Wildman–Crippen LogP) is 2.38. The molecule has 0 radical (unpaired) electrons. The van der Waals surface area contributed by atoms with Gasteiger partial charge in [-0.3, -0.25) is 0 Å². The second kappa shape index (κ2) is 3.68. The maximum atomic E-state index is 5.79. The first-order chi connectivity index (χ1) is 5.65. The van der Waals surface area contributed by atoms with Gasteiger partial charge in [-0.2, -0.15) is 0 Å². The van der Waals surface area contributed by atoms with Crippen molar-refractivity contribution in [3.8, 4) is 0 Å². The van der Waals surface area contributed by atoms with Gasteiger partial charge in [0.2, 0.25) is 0 Å². The average molecular weight is 185 g/mol. The SMILES string of the molecule is CCN(C)c1ccc(Cl)c(N)c1. The number of hydrogen-bond acceptors (Lipinski definition) is 2. The zero-order valence-electron chi connectivity index (χ0n) is 7.34. The lowest BCUT2D eigenvalue weighted by Crippen LogP contribution is -2.15. The molecule has 0 amide bonds. The lowest BCUT2D eigenvalue weighted by atomic mass is 10.2. The first-order valence-corrected chi connectivity index (χ1v) is 4.29. The molecule has 0 saturated carbocycles. The largest absolute Gasteiger partial charge is 0.397 e. The van der Waals surface area contributed by atoms with Gasteiger partial charge in [0, 0.05) is 19.3 Å². The number of halogens is 1. The van der Waals surface area contributed by atoms with E-state index >= 15 is 0 Å². The molecule has 0 aromatic heterocycles. The van der Waals surface area contributed by atoms with E-state index in [1.54, 1.807) is 0 Å². The fourth-order valence-electron chi connectivity index (χ4n) is 0.951. The fourth-order valence-corrected chi connectivity index (χ4v) is 1.07. The summed E-state index contributed by atoms with van der Waals surface area (Å²) in [4.78, 5) is 2.10. The average Bonchev–Trinajstić information content (AvgIpc) is 2.08. The molecule has 3 heteroatoms. The van der Waals surface area contributed by atoms with Crippen LogP contribution in [0.3, 0.4) is 0 Å². The summed E-state index contributed by atoms with van der Waals surface area (Å²) in [5.41, 5.74) is 7.38. The van der Waals surface area contributed by atoms with Crippen LogP contribution in [0.15, 0.2) is 18.2 Å². The van der Waals surface area contributed by atoms with E-state index in [0.29, 0.717) is 10.7 Å². The number of nitrogen functional groups attached to an aromatic ring is 1. The molecule has 0 aliphatic carbocycles. The molecule has 66 valence electrons. The Balaban J connectivity index is 2.96. The van der Waals surface area contributed by atoms with Gasteiger partial charge in [-0.1, -0.05) is 11.6 Å². The molecule has 0 aliphatic heterocycles. The summed E-state index contributed by atoms with van der Waals surface area (Å²) in [5.74, 6) is 0. The van der Waals surface area contributed by atoms with Crippen LogP contribution in [0, 0.1) is 0 Å². The van der Waals surface area contributed by atoms with Gasteiger partial charge < -0.3 is 10.6 Å². The molecule has 0 fully saturated rings. The van der Waals surface area contributed by atoms with E-state index < -0.39 is 0 Å². The summed E-state index contributed by atoms with van der Waals surface area (Å²) in [6.45, 7) is 3.05. The van der Waals surface area contributed by atoms with E-state index in [-0.39, 0.29) is 0 Å². The first-order valence-electron chi connectivity index (χ1n) is 3.91. The van der Waals surface area contributed by atoms with Crippen molar-refractivity contribution in [1.29, 1.82) is 0 Å². The Morgan fingerprint density at radius 1 is 1.50 bits per heavy atom. The van der Waals surface area contributed by atoms with E-state index in [1.807, 2.05) is 25.2 Å². The molecule has 0 saturated heterocycles. The van der Waals surface area contributed by atoms with Crippen LogP contribution in [0.5, 0.6) is 0 Å². The Hall–Kier alpha value is -0.890. The maximum absolute atomic E-state index is 5.79. The predicted molar refractivity (Wildman–Crippen MR) is 54.8 cm³/mol. The van der Waals surface area contributed by atoms with Crippen molar-refractivity contribution in [3.05, 3.63) is 23.2 Å². The molecular formula is C9H13ClN2. The highest BCUT2D eigenvalue weighted by Gasteiger charge is 2.00. The standard InChI is InChI=1S/C9H13ClN2/c1-3-12(2)7-4-5-8(10)9(11)6-7/h4-6H,3,11H2,1-2H3. The highest BCUT2D eigenvalue weighted by atomic mass is 35.5. The Bertz CT molecular complexity index is 273. The van der Waals surface area contributed by atoms with Crippen LogP contribution < -0.4 is 10.6 Å². The van der Waals surface area contributed by atoms with Gasteiger partial charge in [-0.15, -0.1) is 0 Å². The van der Waals surface area contributed by atoms with Crippen LogP contribution in [-0.4, -0.2) is 13.6 Å². The van der Waals surface area contributed by atoms with Crippen LogP contribution in [0.25, 0.3) is 0 Å². The van der Waals surface area contributed by atoms with E-state index in [0.717, 1.165) is 12.2 Å². The van der Waals surface area contributed by atoms with Crippen LogP contribution in [-0.2, 0) is 0 Å². The van der Waals surface area contributed by atoms with Gasteiger partial charge in [0.25, 0.3) is 0 Å². The monoisotopic (exact) mass is 184 g/mol. The molecule has 0 aliphatic rings. The second-order valence-corrected chi connectivity index (χ2v) is 3.13. The number of hydrogen-bond donors (Lipinski definition) is 1. The van der Waals surface area contributed by atoms with Crippen molar-refractivity contribution in [2.45, 2.75) is 6.92 Å². The lowest BCUT2D eigenvalue weighted by molar-refractivity contribution is 0.969. The summed E-state index contributed by atoms with van der Waals surface area (Å²) in [6, 6.07) is 5.66.